The summed E-state index contributed by atoms with van der Waals surface area (Å²) >= 11 is 2.66. The number of hydrogen-bond donors (Lipinski definition) is 2. The van der Waals surface area contributed by atoms with E-state index < -0.39 is 16.9 Å². The minimum absolute atomic E-state index is 0.248. The van der Waals surface area contributed by atoms with Crippen molar-refractivity contribution in [2.24, 2.45) is 0 Å². The molecule has 0 saturated carbocycles. The molecule has 0 bridgehead atoms. The van der Waals surface area contributed by atoms with Crippen molar-refractivity contribution in [3.63, 3.8) is 0 Å². The maximum Gasteiger partial charge on any atom is 0.410 e. The van der Waals surface area contributed by atoms with Crippen molar-refractivity contribution in [1.82, 2.24) is 4.90 Å². The van der Waals surface area contributed by atoms with Gasteiger partial charge in [0.25, 0.3) is 5.91 Å². The van der Waals surface area contributed by atoms with E-state index in [-0.39, 0.29) is 11.8 Å². The second-order valence-electron chi connectivity index (χ2n) is 10.4. The highest BCUT2D eigenvalue weighted by Gasteiger charge is 2.30. The molecule has 0 spiro atoms. The Morgan fingerprint density at radius 2 is 1.85 bits per heavy atom. The van der Waals surface area contributed by atoms with Gasteiger partial charge in [-0.2, -0.15) is 5.26 Å². The minimum Gasteiger partial charge on any atom is -0.497 e. The second-order valence-corrected chi connectivity index (χ2v) is 13.0. The molecule has 9 nitrogen and oxygen atoms in total. The van der Waals surface area contributed by atoms with Crippen LogP contribution in [0.15, 0.2) is 53.4 Å². The number of fused-ring (bicyclic) bond motifs is 1. The largest absolute Gasteiger partial charge is 0.497 e. The van der Waals surface area contributed by atoms with E-state index in [0.717, 1.165) is 15.3 Å². The molecule has 3 aromatic rings. The van der Waals surface area contributed by atoms with E-state index >= 15 is 0 Å². The van der Waals surface area contributed by atoms with Crippen LogP contribution >= 0.6 is 23.1 Å². The Bertz CT molecular complexity index is 1490. The molecule has 0 radical (unpaired) electrons. The number of ether oxygens (including phenoxy) is 2. The molecule has 0 aliphatic carbocycles. The topological polar surface area (TPSA) is 121 Å². The highest BCUT2D eigenvalue weighted by molar-refractivity contribution is 8.00. The maximum absolute atomic E-state index is 13.1. The molecule has 2 N–H and O–H groups in total. The van der Waals surface area contributed by atoms with Gasteiger partial charge in [0.2, 0.25) is 5.91 Å². The van der Waals surface area contributed by atoms with Gasteiger partial charge in [0.05, 0.1) is 24.5 Å². The zero-order valence-electron chi connectivity index (χ0n) is 23.6. The first-order valence-corrected chi connectivity index (χ1v) is 14.7. The summed E-state index contributed by atoms with van der Waals surface area (Å²) in [6, 6.07) is 16.3. The molecule has 1 atom stereocenters. The quantitative estimate of drug-likeness (QED) is 0.309. The van der Waals surface area contributed by atoms with E-state index in [1.54, 1.807) is 49.3 Å². The van der Waals surface area contributed by atoms with Gasteiger partial charge >= 0.3 is 6.09 Å². The lowest BCUT2D eigenvalue weighted by atomic mass is 10.0. The van der Waals surface area contributed by atoms with Crippen LogP contribution in [0.3, 0.4) is 0 Å². The SMILES string of the molecule is COc1ccc(C(=O)Nc2cccc(SC(C)C(=O)Nc3sc4c(c3C#N)CCN(C(=O)OC(C)(C)C)C4)c2)cc1. The number of amides is 3. The molecule has 0 saturated heterocycles. The summed E-state index contributed by atoms with van der Waals surface area (Å²) in [4.78, 5) is 41.6. The van der Waals surface area contributed by atoms with Gasteiger partial charge in [-0.15, -0.1) is 23.1 Å². The van der Waals surface area contributed by atoms with Gasteiger partial charge in [-0.25, -0.2) is 4.79 Å². The van der Waals surface area contributed by atoms with Gasteiger partial charge < -0.3 is 25.0 Å². The van der Waals surface area contributed by atoms with Crippen molar-refractivity contribution in [3.05, 3.63) is 70.1 Å². The molecule has 2 aromatic carbocycles. The van der Waals surface area contributed by atoms with Crippen LogP contribution in [0.5, 0.6) is 5.75 Å². The highest BCUT2D eigenvalue weighted by atomic mass is 32.2. The third kappa shape index (κ3) is 7.60. The van der Waals surface area contributed by atoms with E-state index in [1.165, 1.54) is 23.1 Å². The molecule has 41 heavy (non-hydrogen) atoms. The number of nitriles is 1. The summed E-state index contributed by atoms with van der Waals surface area (Å²) in [7, 11) is 1.57. The molecule has 3 amide bonds. The number of thiophene rings is 1. The Labute approximate surface area is 247 Å². The third-order valence-electron chi connectivity index (χ3n) is 6.18. The number of nitrogens with one attached hydrogen (secondary N) is 2. The third-order valence-corrected chi connectivity index (χ3v) is 8.41. The number of anilines is 2. The summed E-state index contributed by atoms with van der Waals surface area (Å²) < 4.78 is 10.6. The van der Waals surface area contributed by atoms with Gasteiger partial charge in [0, 0.05) is 27.6 Å². The van der Waals surface area contributed by atoms with Gasteiger partial charge in [0.15, 0.2) is 0 Å². The minimum atomic E-state index is -0.598. The van der Waals surface area contributed by atoms with Gasteiger partial charge in [-0.05, 0) is 82.1 Å². The van der Waals surface area contributed by atoms with Crippen molar-refractivity contribution in [2.75, 3.05) is 24.3 Å². The monoisotopic (exact) mass is 592 g/mol. The Kier molecular flexibility index (Phi) is 9.25. The van der Waals surface area contributed by atoms with E-state index in [2.05, 4.69) is 16.7 Å². The predicted octanol–water partition coefficient (Wildman–Crippen LogP) is 6.29. The zero-order valence-corrected chi connectivity index (χ0v) is 25.2. The van der Waals surface area contributed by atoms with E-state index in [4.69, 9.17) is 9.47 Å². The van der Waals surface area contributed by atoms with Crippen molar-refractivity contribution in [1.29, 1.82) is 5.26 Å². The predicted molar refractivity (Wildman–Crippen MR) is 161 cm³/mol. The number of nitrogens with zero attached hydrogens (tertiary/aromatic N) is 2. The van der Waals surface area contributed by atoms with Crippen LogP contribution < -0.4 is 15.4 Å². The lowest BCUT2D eigenvalue weighted by molar-refractivity contribution is -0.115. The Hall–Kier alpha value is -4.01. The van der Waals surface area contributed by atoms with E-state index in [1.807, 2.05) is 39.0 Å². The molecule has 4 rings (SSSR count). The number of carbonyl (C=O) groups is 3. The molecule has 1 aromatic heterocycles. The van der Waals surface area contributed by atoms with Crippen LogP contribution in [0, 0.1) is 11.3 Å². The van der Waals surface area contributed by atoms with Gasteiger partial charge in [0.1, 0.15) is 22.4 Å². The first-order valence-electron chi connectivity index (χ1n) is 13.0. The Morgan fingerprint density at radius 1 is 1.12 bits per heavy atom. The maximum atomic E-state index is 13.1. The molecular formula is C30H32N4O5S2. The molecule has 0 fully saturated rings. The lowest BCUT2D eigenvalue weighted by Gasteiger charge is -2.29. The standard InChI is InChI=1S/C30H32N4O5S2/c1-18(40-22-8-6-7-20(15-22)32-27(36)19-9-11-21(38-5)12-10-19)26(35)33-28-24(16-31)23-13-14-34(17-25(23)41-28)29(37)39-30(2,3)4/h6-12,15,18H,13-14,17H2,1-5H3,(H,32,36)(H,33,35). The van der Waals surface area contributed by atoms with Gasteiger partial charge in [-0.3, -0.25) is 9.59 Å². The first kappa shape index (κ1) is 30.0. The molecular weight excluding hydrogens is 560 g/mol. The van der Waals surface area contributed by atoms with Crippen LogP contribution in [-0.4, -0.2) is 47.3 Å². The Morgan fingerprint density at radius 3 is 2.51 bits per heavy atom. The fourth-order valence-electron chi connectivity index (χ4n) is 4.16. The highest BCUT2D eigenvalue weighted by Crippen LogP contribution is 2.37. The molecule has 1 aliphatic heterocycles. The van der Waals surface area contributed by atoms with Crippen molar-refractivity contribution in [3.8, 4) is 11.8 Å². The average Bonchev–Trinajstić information content (AvgIpc) is 3.28. The number of benzene rings is 2. The zero-order chi connectivity index (χ0) is 29.7. The fraction of sp³-hybridized carbons (Fsp3) is 0.333. The number of hydrogen-bond acceptors (Lipinski definition) is 8. The van der Waals surface area contributed by atoms with Crippen LogP contribution in [0.25, 0.3) is 0 Å². The molecule has 2 heterocycles. The molecule has 1 unspecified atom stereocenters. The second kappa shape index (κ2) is 12.7. The summed E-state index contributed by atoms with van der Waals surface area (Å²) in [6.45, 7) is 8.02. The van der Waals surface area contributed by atoms with Crippen LogP contribution in [0.1, 0.15) is 54.1 Å². The number of carbonyl (C=O) groups excluding carboxylic acids is 3. The van der Waals surface area contributed by atoms with Crippen LogP contribution in [0.4, 0.5) is 15.5 Å². The number of thioether (sulfide) groups is 1. The average molecular weight is 593 g/mol. The number of rotatable bonds is 7. The van der Waals surface area contributed by atoms with Gasteiger partial charge in [-0.1, -0.05) is 6.07 Å². The van der Waals surface area contributed by atoms with Crippen molar-refractivity contribution < 1.29 is 23.9 Å². The molecule has 1 aliphatic rings. The van der Waals surface area contributed by atoms with E-state index in [9.17, 15) is 19.6 Å². The Balaban J connectivity index is 1.39. The van der Waals surface area contributed by atoms with Crippen molar-refractivity contribution in [2.45, 2.75) is 56.4 Å². The lowest BCUT2D eigenvalue weighted by Crippen LogP contribution is -2.39. The summed E-state index contributed by atoms with van der Waals surface area (Å²) in [5.74, 6) is 0.165. The normalized spacial score (nSPS) is 13.4. The van der Waals surface area contributed by atoms with Crippen LogP contribution in [-0.2, 0) is 22.5 Å². The summed E-state index contributed by atoms with van der Waals surface area (Å²) in [5.41, 5.74) is 1.82. The summed E-state index contributed by atoms with van der Waals surface area (Å²) in [5, 5.41) is 15.7. The fourth-order valence-corrected chi connectivity index (χ4v) is 6.30. The smallest absolute Gasteiger partial charge is 0.410 e. The first-order chi connectivity index (χ1) is 19.5. The van der Waals surface area contributed by atoms with Crippen molar-refractivity contribution >= 4 is 51.7 Å². The number of methoxy groups -OCH3 is 1. The summed E-state index contributed by atoms with van der Waals surface area (Å²) in [6.07, 6.45) is 0.122. The molecule has 214 valence electrons. The molecule has 11 heteroatoms. The van der Waals surface area contributed by atoms with Crippen LogP contribution in [0.2, 0.25) is 0 Å². The van der Waals surface area contributed by atoms with E-state index in [0.29, 0.717) is 47.1 Å².